The topological polar surface area (TPSA) is 61.7 Å². The van der Waals surface area contributed by atoms with Crippen molar-refractivity contribution in [1.82, 2.24) is 10.4 Å². The Balaban J connectivity index is 1.62. The van der Waals surface area contributed by atoms with Crippen molar-refractivity contribution in [2.45, 2.75) is 25.8 Å². The molecule has 0 aliphatic carbocycles. The molecule has 0 aromatic heterocycles. The van der Waals surface area contributed by atoms with Gasteiger partial charge < -0.3 is 19.4 Å². The van der Waals surface area contributed by atoms with E-state index in [0.717, 1.165) is 61.8 Å². The molecule has 0 radical (unpaired) electrons. The standard InChI is InChI=1S/C22H31N5O2/c1-18-8-11-26(17-24-18)21-7-6-19(15-22(21)28-3)14-20-16-27(12-13-29-20)25-10-5-4-9-23-2/h6-8,11,14-15,17-18,25H,2,4-5,9-10,12-13,16H2,1,3H3/b20-14-. The molecule has 1 fully saturated rings. The van der Waals surface area contributed by atoms with Crippen molar-refractivity contribution in [3.05, 3.63) is 41.8 Å². The molecule has 0 amide bonds. The van der Waals surface area contributed by atoms with E-state index in [2.05, 4.69) is 52.3 Å². The van der Waals surface area contributed by atoms with Gasteiger partial charge in [-0.05, 0) is 56.3 Å². The van der Waals surface area contributed by atoms with Gasteiger partial charge in [-0.2, -0.15) is 0 Å². The van der Waals surface area contributed by atoms with Gasteiger partial charge in [0.2, 0.25) is 0 Å². The quantitative estimate of drug-likeness (QED) is 0.512. The molecule has 156 valence electrons. The molecule has 0 bridgehead atoms. The molecule has 1 unspecified atom stereocenters. The maximum absolute atomic E-state index is 5.86. The van der Waals surface area contributed by atoms with Gasteiger partial charge in [0.1, 0.15) is 18.1 Å². The average Bonchev–Trinajstić information content (AvgIpc) is 2.74. The van der Waals surface area contributed by atoms with Crippen molar-refractivity contribution in [2.24, 2.45) is 9.98 Å². The minimum Gasteiger partial charge on any atom is -0.495 e. The number of morpholine rings is 1. The lowest BCUT2D eigenvalue weighted by atomic mass is 10.1. The van der Waals surface area contributed by atoms with Gasteiger partial charge in [-0.15, -0.1) is 0 Å². The third-order valence-electron chi connectivity index (χ3n) is 4.83. The van der Waals surface area contributed by atoms with Crippen molar-refractivity contribution in [2.75, 3.05) is 44.8 Å². The number of rotatable bonds is 9. The molecule has 3 rings (SSSR count). The number of methoxy groups -OCH3 is 1. The Morgan fingerprint density at radius 3 is 3.07 bits per heavy atom. The predicted octanol–water partition coefficient (Wildman–Crippen LogP) is 3.10. The normalized spacial score (nSPS) is 20.7. The Hall–Kier alpha value is -2.64. The van der Waals surface area contributed by atoms with Gasteiger partial charge in [0.05, 0.1) is 31.7 Å². The summed E-state index contributed by atoms with van der Waals surface area (Å²) in [5.74, 6) is 1.74. The van der Waals surface area contributed by atoms with Crippen molar-refractivity contribution in [3.8, 4) is 5.75 Å². The highest BCUT2D eigenvalue weighted by Crippen LogP contribution is 2.31. The van der Waals surface area contributed by atoms with Crippen LogP contribution in [-0.2, 0) is 4.74 Å². The van der Waals surface area contributed by atoms with Crippen LogP contribution in [0, 0.1) is 0 Å². The molecule has 1 saturated heterocycles. The predicted molar refractivity (Wildman–Crippen MR) is 120 cm³/mol. The zero-order chi connectivity index (χ0) is 20.5. The summed E-state index contributed by atoms with van der Waals surface area (Å²) in [6.45, 7) is 9.63. The summed E-state index contributed by atoms with van der Waals surface area (Å²) in [6.07, 6.45) is 10.1. The summed E-state index contributed by atoms with van der Waals surface area (Å²) in [6, 6.07) is 6.35. The number of unbranched alkanes of at least 4 members (excludes halogenated alkanes) is 1. The monoisotopic (exact) mass is 397 g/mol. The summed E-state index contributed by atoms with van der Waals surface area (Å²) < 4.78 is 11.5. The van der Waals surface area contributed by atoms with E-state index in [0.29, 0.717) is 6.61 Å². The fraction of sp³-hybridized carbons (Fsp3) is 0.455. The van der Waals surface area contributed by atoms with Crippen molar-refractivity contribution in [3.63, 3.8) is 0 Å². The molecule has 1 aromatic rings. The Labute approximate surface area is 173 Å². The maximum atomic E-state index is 5.86. The fourth-order valence-corrected chi connectivity index (χ4v) is 3.22. The van der Waals surface area contributed by atoms with Gasteiger partial charge in [0.15, 0.2) is 0 Å². The molecule has 29 heavy (non-hydrogen) atoms. The van der Waals surface area contributed by atoms with Gasteiger partial charge in [-0.25, -0.2) is 5.01 Å². The molecule has 1 N–H and O–H groups in total. The molecule has 2 aliphatic rings. The Kier molecular flexibility index (Phi) is 7.84. The summed E-state index contributed by atoms with van der Waals surface area (Å²) in [5.41, 5.74) is 5.48. The summed E-state index contributed by atoms with van der Waals surface area (Å²) in [4.78, 5) is 10.3. The Morgan fingerprint density at radius 1 is 1.41 bits per heavy atom. The minimum absolute atomic E-state index is 0.208. The number of hydrogen-bond acceptors (Lipinski definition) is 7. The first kappa shape index (κ1) is 21.1. The minimum atomic E-state index is 0.208. The number of hydrazine groups is 1. The fourth-order valence-electron chi connectivity index (χ4n) is 3.22. The zero-order valence-corrected chi connectivity index (χ0v) is 17.4. The van der Waals surface area contributed by atoms with E-state index in [-0.39, 0.29) is 6.04 Å². The summed E-state index contributed by atoms with van der Waals surface area (Å²) >= 11 is 0. The maximum Gasteiger partial charge on any atom is 0.143 e. The molecule has 7 heteroatoms. The van der Waals surface area contributed by atoms with E-state index in [1.165, 1.54) is 0 Å². The third kappa shape index (κ3) is 6.17. The number of hydrogen-bond donors (Lipinski definition) is 1. The lowest BCUT2D eigenvalue weighted by Gasteiger charge is -2.29. The summed E-state index contributed by atoms with van der Waals surface area (Å²) in [5, 5.41) is 2.21. The van der Waals surface area contributed by atoms with Crippen molar-refractivity contribution in [1.29, 1.82) is 0 Å². The molecule has 1 atom stereocenters. The molecule has 0 spiro atoms. The molecule has 7 nitrogen and oxygen atoms in total. The van der Waals surface area contributed by atoms with Crippen LogP contribution in [-0.4, -0.2) is 64.0 Å². The van der Waals surface area contributed by atoms with Gasteiger partial charge in [-0.3, -0.25) is 10.4 Å². The van der Waals surface area contributed by atoms with Crippen molar-refractivity contribution < 1.29 is 9.47 Å². The summed E-state index contributed by atoms with van der Waals surface area (Å²) in [7, 11) is 1.69. The first-order chi connectivity index (χ1) is 14.2. The highest BCUT2D eigenvalue weighted by Gasteiger charge is 2.16. The number of ether oxygens (including phenoxy) is 2. The molecule has 0 saturated carbocycles. The molecule has 1 aromatic carbocycles. The molecular weight excluding hydrogens is 366 g/mol. The lowest BCUT2D eigenvalue weighted by molar-refractivity contribution is 0.0627. The van der Waals surface area contributed by atoms with Crippen LogP contribution in [0.5, 0.6) is 5.75 Å². The third-order valence-corrected chi connectivity index (χ3v) is 4.83. The van der Waals surface area contributed by atoms with Crippen LogP contribution in [0.1, 0.15) is 25.3 Å². The van der Waals surface area contributed by atoms with E-state index >= 15 is 0 Å². The van der Waals surface area contributed by atoms with E-state index < -0.39 is 0 Å². The smallest absolute Gasteiger partial charge is 0.143 e. The SMILES string of the molecule is C=NCCCCNN1CCO/C(=C\c2ccc(N3C=CC(C)N=C3)c(OC)c2)C1. The highest BCUT2D eigenvalue weighted by molar-refractivity contribution is 5.86. The highest BCUT2D eigenvalue weighted by atomic mass is 16.5. The van der Waals surface area contributed by atoms with Crippen molar-refractivity contribution >= 4 is 24.8 Å². The average molecular weight is 398 g/mol. The van der Waals surface area contributed by atoms with E-state index in [1.54, 1.807) is 7.11 Å². The number of nitrogens with one attached hydrogen (secondary N) is 1. The Morgan fingerprint density at radius 2 is 2.31 bits per heavy atom. The van der Waals surface area contributed by atoms with Crippen LogP contribution >= 0.6 is 0 Å². The van der Waals surface area contributed by atoms with Crippen LogP contribution in [0.3, 0.4) is 0 Å². The van der Waals surface area contributed by atoms with Gasteiger partial charge >= 0.3 is 0 Å². The van der Waals surface area contributed by atoms with Crippen LogP contribution in [0.25, 0.3) is 6.08 Å². The second-order valence-electron chi connectivity index (χ2n) is 7.13. The zero-order valence-electron chi connectivity index (χ0n) is 17.4. The molecule has 2 aliphatic heterocycles. The number of benzene rings is 1. The first-order valence-electron chi connectivity index (χ1n) is 10.1. The lowest BCUT2D eigenvalue weighted by Crippen LogP contribution is -2.45. The Bertz CT molecular complexity index is 760. The van der Waals surface area contributed by atoms with Crippen LogP contribution < -0.4 is 15.1 Å². The number of aliphatic imine (C=N–C) groups is 2. The van der Waals surface area contributed by atoms with Gasteiger partial charge in [0, 0.05) is 25.8 Å². The number of anilines is 1. The first-order valence-corrected chi connectivity index (χ1v) is 10.1. The number of nitrogens with zero attached hydrogens (tertiary/aromatic N) is 4. The second-order valence-corrected chi connectivity index (χ2v) is 7.13. The van der Waals surface area contributed by atoms with Crippen LogP contribution in [0.4, 0.5) is 5.69 Å². The van der Waals surface area contributed by atoms with Gasteiger partial charge in [0.25, 0.3) is 0 Å². The second kappa shape index (κ2) is 10.8. The van der Waals surface area contributed by atoms with E-state index in [9.17, 15) is 0 Å². The van der Waals surface area contributed by atoms with Gasteiger partial charge in [-0.1, -0.05) is 6.07 Å². The largest absolute Gasteiger partial charge is 0.495 e. The van der Waals surface area contributed by atoms with E-state index in [1.807, 2.05) is 29.6 Å². The van der Waals surface area contributed by atoms with E-state index in [4.69, 9.17) is 9.47 Å². The molecular formula is C22H31N5O2. The molecule has 2 heterocycles. The van der Waals surface area contributed by atoms with Crippen LogP contribution in [0.2, 0.25) is 0 Å². The van der Waals surface area contributed by atoms with Crippen LogP contribution in [0.15, 0.2) is 46.2 Å².